The van der Waals surface area contributed by atoms with E-state index in [1.165, 1.54) is 12.1 Å². The van der Waals surface area contributed by atoms with Crippen molar-refractivity contribution < 1.29 is 14.2 Å². The fourth-order valence-electron chi connectivity index (χ4n) is 1.51. The van der Waals surface area contributed by atoms with Gasteiger partial charge in [-0.2, -0.15) is 0 Å². The Morgan fingerprint density at radius 1 is 1.17 bits per heavy atom. The van der Waals surface area contributed by atoms with Gasteiger partial charge in [0.1, 0.15) is 5.75 Å². The van der Waals surface area contributed by atoms with Crippen molar-refractivity contribution in [2.24, 2.45) is 0 Å². The molecule has 4 heteroatoms. The number of rotatable bonds is 3. The van der Waals surface area contributed by atoms with Gasteiger partial charge in [0, 0.05) is 0 Å². The molecular weight excluding hydrogens is 255 g/mol. The summed E-state index contributed by atoms with van der Waals surface area (Å²) in [5, 5.41) is 9.74. The molecule has 0 radical (unpaired) electrons. The second-order valence-electron chi connectivity index (χ2n) is 3.90. The second-order valence-corrected chi connectivity index (χ2v) is 4.31. The Morgan fingerprint density at radius 3 is 2.50 bits per heavy atom. The van der Waals surface area contributed by atoms with Crippen LogP contribution in [0.4, 0.5) is 4.39 Å². The maximum atomic E-state index is 13.4. The number of aliphatic hydroxyl groups is 1. The number of aliphatic hydroxyl groups excluding tert-OH is 1. The van der Waals surface area contributed by atoms with Crippen LogP contribution in [0.1, 0.15) is 18.6 Å². The molecule has 0 amide bonds. The number of ether oxygens (including phenoxy) is 1. The molecule has 0 fully saturated rings. The summed E-state index contributed by atoms with van der Waals surface area (Å²) in [5.41, 5.74) is 0.681. The third-order valence-corrected chi connectivity index (χ3v) is 2.79. The van der Waals surface area contributed by atoms with Crippen molar-refractivity contribution in [2.75, 3.05) is 0 Å². The highest BCUT2D eigenvalue weighted by atomic mass is 35.5. The highest BCUT2D eigenvalue weighted by molar-refractivity contribution is 6.32. The van der Waals surface area contributed by atoms with E-state index in [1.807, 2.05) is 0 Å². The van der Waals surface area contributed by atoms with Crippen LogP contribution in [-0.4, -0.2) is 5.11 Å². The van der Waals surface area contributed by atoms with Crippen LogP contribution in [0.5, 0.6) is 11.5 Å². The van der Waals surface area contributed by atoms with Gasteiger partial charge >= 0.3 is 0 Å². The Kier molecular flexibility index (Phi) is 3.84. The van der Waals surface area contributed by atoms with E-state index in [-0.39, 0.29) is 5.75 Å². The van der Waals surface area contributed by atoms with Gasteiger partial charge in [-0.15, -0.1) is 0 Å². The summed E-state index contributed by atoms with van der Waals surface area (Å²) in [5.74, 6) is 0.0172. The van der Waals surface area contributed by atoms with E-state index in [0.29, 0.717) is 16.3 Å². The average Bonchev–Trinajstić information content (AvgIpc) is 2.34. The lowest BCUT2D eigenvalue weighted by molar-refractivity contribution is 0.199. The van der Waals surface area contributed by atoms with Gasteiger partial charge in [0.25, 0.3) is 0 Å². The van der Waals surface area contributed by atoms with E-state index < -0.39 is 11.9 Å². The summed E-state index contributed by atoms with van der Waals surface area (Å²) in [6.45, 7) is 1.64. The van der Waals surface area contributed by atoms with E-state index >= 15 is 0 Å². The summed E-state index contributed by atoms with van der Waals surface area (Å²) < 4.78 is 18.8. The molecule has 0 aliphatic heterocycles. The first-order chi connectivity index (χ1) is 8.58. The van der Waals surface area contributed by atoms with Crippen LogP contribution in [0.3, 0.4) is 0 Å². The molecule has 18 heavy (non-hydrogen) atoms. The summed E-state index contributed by atoms with van der Waals surface area (Å²) in [6, 6.07) is 11.0. The van der Waals surface area contributed by atoms with Crippen LogP contribution < -0.4 is 4.74 Å². The normalized spacial score (nSPS) is 12.2. The lowest BCUT2D eigenvalue weighted by Gasteiger charge is -2.10. The zero-order valence-corrected chi connectivity index (χ0v) is 10.5. The minimum atomic E-state index is -0.606. The molecule has 0 aliphatic rings. The first-order valence-electron chi connectivity index (χ1n) is 5.48. The monoisotopic (exact) mass is 266 g/mol. The second kappa shape index (κ2) is 5.38. The minimum Gasteiger partial charge on any atom is -0.453 e. The number of para-hydroxylation sites is 1. The number of hydrogen-bond acceptors (Lipinski definition) is 2. The van der Waals surface area contributed by atoms with E-state index in [0.717, 1.165) is 0 Å². The predicted molar refractivity (Wildman–Crippen MR) is 68.6 cm³/mol. The molecule has 1 atom stereocenters. The fraction of sp³-hybridized carbons (Fsp3) is 0.143. The van der Waals surface area contributed by atoms with Gasteiger partial charge in [-0.3, -0.25) is 0 Å². The molecule has 0 heterocycles. The molecule has 94 valence electrons. The zero-order chi connectivity index (χ0) is 13.1. The Bertz CT molecular complexity index is 555. The first kappa shape index (κ1) is 12.9. The van der Waals surface area contributed by atoms with Gasteiger partial charge < -0.3 is 9.84 Å². The summed E-state index contributed by atoms with van der Waals surface area (Å²) in [7, 11) is 0. The topological polar surface area (TPSA) is 29.5 Å². The van der Waals surface area contributed by atoms with Crippen LogP contribution in [0.25, 0.3) is 0 Å². The average molecular weight is 267 g/mol. The maximum Gasteiger partial charge on any atom is 0.165 e. The smallest absolute Gasteiger partial charge is 0.165 e. The van der Waals surface area contributed by atoms with E-state index in [9.17, 15) is 9.50 Å². The van der Waals surface area contributed by atoms with Gasteiger partial charge in [0.2, 0.25) is 0 Å². The van der Waals surface area contributed by atoms with Crippen LogP contribution >= 0.6 is 11.6 Å². The molecule has 0 unspecified atom stereocenters. The molecule has 0 saturated heterocycles. The molecule has 0 saturated carbocycles. The summed E-state index contributed by atoms with van der Waals surface area (Å²) in [6.07, 6.45) is -0.606. The molecule has 1 N–H and O–H groups in total. The van der Waals surface area contributed by atoms with Gasteiger partial charge in [0.05, 0.1) is 11.1 Å². The molecule has 0 aromatic heterocycles. The van der Waals surface area contributed by atoms with Crippen molar-refractivity contribution in [3.05, 3.63) is 58.9 Å². The molecular formula is C14H12ClFO2. The molecule has 0 spiro atoms. The van der Waals surface area contributed by atoms with Gasteiger partial charge in [-0.1, -0.05) is 29.8 Å². The van der Waals surface area contributed by atoms with Crippen molar-refractivity contribution in [1.82, 2.24) is 0 Å². The Hall–Kier alpha value is -1.58. The Labute approximate surface area is 110 Å². The quantitative estimate of drug-likeness (QED) is 0.896. The van der Waals surface area contributed by atoms with Gasteiger partial charge in [-0.05, 0) is 36.8 Å². The van der Waals surface area contributed by atoms with Crippen molar-refractivity contribution in [1.29, 1.82) is 0 Å². The molecule has 0 bridgehead atoms. The van der Waals surface area contributed by atoms with Crippen LogP contribution in [0.2, 0.25) is 5.02 Å². The number of halogens is 2. The van der Waals surface area contributed by atoms with E-state index in [4.69, 9.17) is 16.3 Å². The standard InChI is InChI=1S/C14H12ClFO2/c1-9(17)10-6-7-13(11(15)8-10)18-14-5-3-2-4-12(14)16/h2-9,17H,1H3/t9-/m1/s1. The Morgan fingerprint density at radius 2 is 1.89 bits per heavy atom. The number of hydrogen-bond donors (Lipinski definition) is 1. The molecule has 2 aromatic carbocycles. The Balaban J connectivity index is 2.28. The largest absolute Gasteiger partial charge is 0.453 e. The lowest BCUT2D eigenvalue weighted by Crippen LogP contribution is -1.93. The van der Waals surface area contributed by atoms with Crippen LogP contribution in [0, 0.1) is 5.82 Å². The third kappa shape index (κ3) is 2.81. The molecule has 2 nitrogen and oxygen atoms in total. The van der Waals surface area contributed by atoms with E-state index in [2.05, 4.69) is 0 Å². The van der Waals surface area contributed by atoms with E-state index in [1.54, 1.807) is 37.3 Å². The summed E-state index contributed by atoms with van der Waals surface area (Å²) >= 11 is 6.02. The van der Waals surface area contributed by atoms with Gasteiger partial charge in [0.15, 0.2) is 11.6 Å². The highest BCUT2D eigenvalue weighted by Crippen LogP contribution is 2.32. The van der Waals surface area contributed by atoms with Crippen molar-refractivity contribution in [3.8, 4) is 11.5 Å². The van der Waals surface area contributed by atoms with Crippen LogP contribution in [0.15, 0.2) is 42.5 Å². The van der Waals surface area contributed by atoms with Crippen LogP contribution in [-0.2, 0) is 0 Å². The van der Waals surface area contributed by atoms with Crippen molar-refractivity contribution >= 4 is 11.6 Å². The fourth-order valence-corrected chi connectivity index (χ4v) is 1.73. The maximum absolute atomic E-state index is 13.4. The molecule has 0 aliphatic carbocycles. The zero-order valence-electron chi connectivity index (χ0n) is 9.73. The number of benzene rings is 2. The minimum absolute atomic E-state index is 0.115. The van der Waals surface area contributed by atoms with Crippen molar-refractivity contribution in [3.63, 3.8) is 0 Å². The lowest BCUT2D eigenvalue weighted by atomic mass is 10.1. The molecule has 2 rings (SSSR count). The predicted octanol–water partition coefficient (Wildman–Crippen LogP) is 4.32. The summed E-state index contributed by atoms with van der Waals surface area (Å²) in [4.78, 5) is 0. The van der Waals surface area contributed by atoms with Gasteiger partial charge in [-0.25, -0.2) is 4.39 Å². The highest BCUT2D eigenvalue weighted by Gasteiger charge is 2.09. The third-order valence-electron chi connectivity index (χ3n) is 2.49. The molecule has 2 aromatic rings. The van der Waals surface area contributed by atoms with Crippen molar-refractivity contribution in [2.45, 2.75) is 13.0 Å². The SMILES string of the molecule is C[C@@H](O)c1ccc(Oc2ccccc2F)c(Cl)c1. The first-order valence-corrected chi connectivity index (χ1v) is 5.85.